The Bertz CT molecular complexity index is 642. The molecule has 1 aliphatic heterocycles. The van der Waals surface area contributed by atoms with Crippen LogP contribution in [0.15, 0.2) is 30.3 Å². The van der Waals surface area contributed by atoms with Gasteiger partial charge in [0, 0.05) is 13.5 Å². The molecule has 1 aromatic carbocycles. The average Bonchev–Trinajstić information content (AvgIpc) is 2.99. The van der Waals surface area contributed by atoms with Crippen LogP contribution in [-0.2, 0) is 34.8 Å². The van der Waals surface area contributed by atoms with Crippen molar-refractivity contribution in [3.63, 3.8) is 0 Å². The third-order valence-corrected chi connectivity index (χ3v) is 10.2. The van der Waals surface area contributed by atoms with Crippen LogP contribution in [0, 0.1) is 0 Å². The first kappa shape index (κ1) is 23.0. The van der Waals surface area contributed by atoms with Gasteiger partial charge in [0.05, 0.1) is 26.4 Å². The largest absolute Gasteiger partial charge is 0.467 e. The highest BCUT2D eigenvalue weighted by Gasteiger charge is 2.59. The zero-order chi connectivity index (χ0) is 21.0. The molecule has 1 fully saturated rings. The maximum atomic E-state index is 12.8. The third-order valence-electron chi connectivity index (χ3n) is 5.73. The van der Waals surface area contributed by atoms with Crippen LogP contribution >= 0.6 is 0 Å². The minimum absolute atomic E-state index is 0.00901. The number of carbonyl (C=O) groups excluding carboxylic acids is 1. The fourth-order valence-electron chi connectivity index (χ4n) is 2.98. The van der Waals surface area contributed by atoms with Crippen LogP contribution in [0.2, 0.25) is 18.1 Å². The number of esters is 1. The van der Waals surface area contributed by atoms with Crippen LogP contribution in [0.4, 0.5) is 0 Å². The first-order chi connectivity index (χ1) is 13.1. The lowest BCUT2D eigenvalue weighted by Gasteiger charge is -2.41. The highest BCUT2D eigenvalue weighted by Crippen LogP contribution is 2.43. The molecule has 1 saturated heterocycles. The summed E-state index contributed by atoms with van der Waals surface area (Å²) in [6, 6.07) is 9.80. The van der Waals surface area contributed by atoms with Crippen LogP contribution < -0.4 is 0 Å². The number of methoxy groups -OCH3 is 2. The molecule has 0 radical (unpaired) electrons. The molecule has 0 bridgehead atoms. The quantitative estimate of drug-likeness (QED) is 0.478. The highest BCUT2D eigenvalue weighted by atomic mass is 28.4. The van der Waals surface area contributed by atoms with Crippen LogP contribution in [0.5, 0.6) is 0 Å². The molecule has 1 aromatic rings. The predicted octanol–water partition coefficient (Wildman–Crippen LogP) is 3.90. The monoisotopic (exact) mass is 410 g/mol. The Morgan fingerprint density at radius 2 is 1.86 bits per heavy atom. The van der Waals surface area contributed by atoms with Crippen molar-refractivity contribution in [2.24, 2.45) is 0 Å². The number of benzene rings is 1. The van der Waals surface area contributed by atoms with Crippen LogP contribution in [-0.4, -0.2) is 53.1 Å². The smallest absolute Gasteiger partial charge is 0.343 e. The van der Waals surface area contributed by atoms with Gasteiger partial charge in [-0.3, -0.25) is 0 Å². The molecular formula is C21H34O6Si. The van der Waals surface area contributed by atoms with Gasteiger partial charge in [0.2, 0.25) is 5.60 Å². The molecule has 0 N–H and O–H groups in total. The van der Waals surface area contributed by atoms with Crippen molar-refractivity contribution in [1.82, 2.24) is 0 Å². The van der Waals surface area contributed by atoms with Crippen LogP contribution in [0.1, 0.15) is 32.8 Å². The van der Waals surface area contributed by atoms with E-state index in [2.05, 4.69) is 33.9 Å². The lowest BCUT2D eigenvalue weighted by Crippen LogP contribution is -2.57. The lowest BCUT2D eigenvalue weighted by molar-refractivity contribution is -0.208. The van der Waals surface area contributed by atoms with Crippen molar-refractivity contribution in [3.8, 4) is 0 Å². The van der Waals surface area contributed by atoms with Crippen molar-refractivity contribution >= 4 is 14.3 Å². The van der Waals surface area contributed by atoms with Crippen molar-refractivity contribution in [3.05, 3.63) is 35.9 Å². The van der Waals surface area contributed by atoms with Gasteiger partial charge < -0.3 is 23.4 Å². The molecule has 0 aromatic heterocycles. The summed E-state index contributed by atoms with van der Waals surface area (Å²) in [5, 5.41) is -0.00901. The van der Waals surface area contributed by atoms with E-state index in [4.69, 9.17) is 23.4 Å². The fourth-order valence-corrected chi connectivity index (χ4v) is 4.33. The molecular weight excluding hydrogens is 376 g/mol. The summed E-state index contributed by atoms with van der Waals surface area (Å²) < 4.78 is 29.0. The summed E-state index contributed by atoms with van der Waals surface area (Å²) in [6.07, 6.45) is -0.594. The van der Waals surface area contributed by atoms with Gasteiger partial charge in [-0.05, 0) is 23.7 Å². The Kier molecular flexibility index (Phi) is 7.44. The molecule has 1 aliphatic rings. The summed E-state index contributed by atoms with van der Waals surface area (Å²) in [6.45, 7) is 11.2. The minimum Gasteiger partial charge on any atom is -0.467 e. The minimum atomic E-state index is -2.16. The van der Waals surface area contributed by atoms with E-state index in [0.717, 1.165) is 5.56 Å². The maximum absolute atomic E-state index is 12.8. The van der Waals surface area contributed by atoms with E-state index in [0.29, 0.717) is 13.0 Å². The normalized spacial score (nSPS) is 25.7. The second-order valence-corrected chi connectivity index (χ2v) is 13.5. The van der Waals surface area contributed by atoms with E-state index >= 15 is 0 Å². The van der Waals surface area contributed by atoms with Gasteiger partial charge in [0.15, 0.2) is 14.6 Å². The molecule has 0 saturated carbocycles. The first-order valence-electron chi connectivity index (χ1n) is 9.64. The SMILES string of the molecule is COC(=O)[C@]1(COCc2ccccc2)O[C@H](OC)C[C@@H]1O[Si](C)(C)C(C)(C)C. The summed E-state index contributed by atoms with van der Waals surface area (Å²) >= 11 is 0. The Morgan fingerprint density at radius 1 is 1.21 bits per heavy atom. The van der Waals surface area contributed by atoms with Crippen LogP contribution in [0.3, 0.4) is 0 Å². The van der Waals surface area contributed by atoms with E-state index in [1.165, 1.54) is 7.11 Å². The van der Waals surface area contributed by atoms with Crippen LogP contribution in [0.25, 0.3) is 0 Å². The maximum Gasteiger partial charge on any atom is 0.343 e. The zero-order valence-corrected chi connectivity index (χ0v) is 19.1. The molecule has 0 spiro atoms. The van der Waals surface area contributed by atoms with Gasteiger partial charge in [-0.2, -0.15) is 0 Å². The summed E-state index contributed by atoms with van der Waals surface area (Å²) in [7, 11) is 0.755. The summed E-state index contributed by atoms with van der Waals surface area (Å²) in [4.78, 5) is 12.8. The standard InChI is InChI=1S/C21H34O6Si/c1-20(2,3)28(6,7)27-17-13-18(23-4)26-21(17,19(22)24-5)15-25-14-16-11-9-8-10-12-16/h8-12,17-18H,13-15H2,1-7H3/t17-,18-,21+/m0/s1. The molecule has 1 heterocycles. The fraction of sp³-hybridized carbons (Fsp3) is 0.667. The number of ether oxygens (including phenoxy) is 4. The number of carbonyl (C=O) groups is 1. The molecule has 3 atom stereocenters. The third kappa shape index (κ3) is 5.02. The lowest BCUT2D eigenvalue weighted by atomic mass is 9.98. The van der Waals surface area contributed by atoms with Gasteiger partial charge in [0.1, 0.15) is 0 Å². The predicted molar refractivity (Wildman–Crippen MR) is 109 cm³/mol. The molecule has 0 aliphatic carbocycles. The number of hydrogen-bond acceptors (Lipinski definition) is 6. The Balaban J connectivity index is 2.24. The summed E-state index contributed by atoms with van der Waals surface area (Å²) in [5.41, 5.74) is -0.328. The van der Waals surface area contributed by atoms with Crippen molar-refractivity contribution in [2.45, 2.75) is 69.9 Å². The zero-order valence-electron chi connectivity index (χ0n) is 18.1. The van der Waals surface area contributed by atoms with Gasteiger partial charge in [-0.25, -0.2) is 4.79 Å². The molecule has 0 unspecified atom stereocenters. The topological polar surface area (TPSA) is 63.2 Å². The molecule has 0 amide bonds. The molecule has 2 rings (SSSR count). The van der Waals surface area contributed by atoms with E-state index in [-0.39, 0.29) is 11.6 Å². The van der Waals surface area contributed by atoms with Crippen molar-refractivity contribution in [2.75, 3.05) is 20.8 Å². The van der Waals surface area contributed by atoms with Crippen molar-refractivity contribution < 1.29 is 28.2 Å². The Hall–Kier alpha value is -1.25. The van der Waals surface area contributed by atoms with E-state index in [1.807, 2.05) is 30.3 Å². The van der Waals surface area contributed by atoms with E-state index < -0.39 is 32.3 Å². The molecule has 28 heavy (non-hydrogen) atoms. The summed E-state index contributed by atoms with van der Waals surface area (Å²) in [5.74, 6) is -0.496. The van der Waals surface area contributed by atoms with Gasteiger partial charge in [-0.1, -0.05) is 51.1 Å². The van der Waals surface area contributed by atoms with Gasteiger partial charge >= 0.3 is 5.97 Å². The second-order valence-electron chi connectivity index (χ2n) is 8.75. The first-order valence-corrected chi connectivity index (χ1v) is 12.5. The second kappa shape index (κ2) is 9.05. The number of rotatable bonds is 8. The number of hydrogen-bond donors (Lipinski definition) is 0. The molecule has 158 valence electrons. The van der Waals surface area contributed by atoms with Crippen molar-refractivity contribution in [1.29, 1.82) is 0 Å². The Labute approximate surface area is 169 Å². The van der Waals surface area contributed by atoms with Gasteiger partial charge in [0.25, 0.3) is 0 Å². The highest BCUT2D eigenvalue weighted by molar-refractivity contribution is 6.74. The van der Waals surface area contributed by atoms with E-state index in [1.54, 1.807) is 7.11 Å². The molecule has 7 heteroatoms. The molecule has 6 nitrogen and oxygen atoms in total. The van der Waals surface area contributed by atoms with E-state index in [9.17, 15) is 4.79 Å². The average molecular weight is 411 g/mol. The Morgan fingerprint density at radius 3 is 2.39 bits per heavy atom. The van der Waals surface area contributed by atoms with Gasteiger partial charge in [-0.15, -0.1) is 0 Å².